The number of ether oxygens (including phenoxy) is 1. The Morgan fingerprint density at radius 3 is 2.76 bits per heavy atom. The first-order chi connectivity index (χ1) is 11.3. The number of esters is 1. The van der Waals surface area contributed by atoms with E-state index in [0.29, 0.717) is 41.6 Å². The molecule has 0 saturated heterocycles. The standard InChI is InChI=1S/C21H33O3.Y/c1-14-7-6-12-21(4)18(14)10-11-19(21)15(2)8-9-17(22)13-16(3)20(23)24-5;/h1,15,17-19,22H,3,6-13H2,2,4-5H3;/q-1;/t15?,17?,18?,19-,21+;/m1./s1. The minimum Gasteiger partial charge on any atom is -0.514 e. The Bertz CT molecular complexity index is 501. The van der Waals surface area contributed by atoms with Crippen molar-refractivity contribution in [2.45, 2.75) is 71.3 Å². The molecule has 139 valence electrons. The molecule has 3 unspecified atom stereocenters. The fourth-order valence-corrected chi connectivity index (χ4v) is 5.29. The first kappa shape index (κ1) is 23.1. The zero-order valence-corrected chi connectivity index (χ0v) is 18.9. The molecule has 0 heterocycles. The van der Waals surface area contributed by atoms with Gasteiger partial charge in [0.1, 0.15) is 0 Å². The van der Waals surface area contributed by atoms with Gasteiger partial charge in [-0.25, -0.2) is 4.79 Å². The zero-order chi connectivity index (χ0) is 17.9. The van der Waals surface area contributed by atoms with E-state index in [2.05, 4.69) is 25.2 Å². The minimum atomic E-state index is -0.521. The summed E-state index contributed by atoms with van der Waals surface area (Å²) in [5, 5.41) is 10.2. The quantitative estimate of drug-likeness (QED) is 0.375. The molecule has 3 nitrogen and oxygen atoms in total. The molecule has 0 aliphatic heterocycles. The zero-order valence-electron chi connectivity index (χ0n) is 16.1. The maximum Gasteiger partial charge on any atom is 0.333 e. The van der Waals surface area contributed by atoms with Gasteiger partial charge in [0.15, 0.2) is 0 Å². The third-order valence-corrected chi connectivity index (χ3v) is 6.64. The topological polar surface area (TPSA) is 46.5 Å². The molecule has 0 amide bonds. The summed E-state index contributed by atoms with van der Waals surface area (Å²) in [6.45, 7) is 14.7. The van der Waals surface area contributed by atoms with Gasteiger partial charge in [-0.05, 0) is 55.3 Å². The predicted octanol–water partition coefficient (Wildman–Crippen LogP) is 4.46. The molecule has 2 aliphatic rings. The van der Waals surface area contributed by atoms with Gasteiger partial charge in [0.05, 0.1) is 13.2 Å². The third kappa shape index (κ3) is 5.27. The van der Waals surface area contributed by atoms with Crippen LogP contribution in [0.4, 0.5) is 0 Å². The number of hydrogen-bond donors (Lipinski definition) is 1. The van der Waals surface area contributed by atoms with Crippen LogP contribution < -0.4 is 0 Å². The van der Waals surface area contributed by atoms with Crippen LogP contribution in [0.25, 0.3) is 0 Å². The molecule has 0 bridgehead atoms. The summed E-state index contributed by atoms with van der Waals surface area (Å²) in [6.07, 6.45) is 7.49. The molecule has 25 heavy (non-hydrogen) atoms. The minimum absolute atomic E-state index is 0. The molecule has 2 rings (SSSR count). The average Bonchev–Trinajstić information content (AvgIpc) is 2.90. The SMILES string of the molecule is [CH-]=C1CCC[C@@]2(C)C1CC[C@@H]2C(C)CCC(O)CC(=C)C(=O)OC.[Y]. The van der Waals surface area contributed by atoms with Crippen LogP contribution in [0.3, 0.4) is 0 Å². The second kappa shape index (κ2) is 9.81. The summed E-state index contributed by atoms with van der Waals surface area (Å²) in [7, 11) is 1.34. The van der Waals surface area contributed by atoms with Crippen molar-refractivity contribution in [3.8, 4) is 0 Å². The number of allylic oxidation sites excluding steroid dienone is 1. The van der Waals surface area contributed by atoms with Gasteiger partial charge in [-0.2, -0.15) is 0 Å². The van der Waals surface area contributed by atoms with E-state index < -0.39 is 12.1 Å². The van der Waals surface area contributed by atoms with Crippen molar-refractivity contribution in [1.82, 2.24) is 0 Å². The van der Waals surface area contributed by atoms with E-state index in [1.165, 1.54) is 38.4 Å². The van der Waals surface area contributed by atoms with Crippen molar-refractivity contribution >= 4 is 5.97 Å². The van der Waals surface area contributed by atoms with Crippen molar-refractivity contribution in [3.63, 3.8) is 0 Å². The van der Waals surface area contributed by atoms with E-state index in [0.717, 1.165) is 12.8 Å². The average molecular weight is 422 g/mol. The number of methoxy groups -OCH3 is 1. The van der Waals surface area contributed by atoms with E-state index in [1.807, 2.05) is 0 Å². The Morgan fingerprint density at radius 1 is 1.44 bits per heavy atom. The Morgan fingerprint density at radius 2 is 2.12 bits per heavy atom. The molecule has 2 aliphatic carbocycles. The van der Waals surface area contributed by atoms with E-state index in [9.17, 15) is 9.90 Å². The first-order valence-corrected chi connectivity index (χ1v) is 9.35. The molecule has 0 aromatic rings. The molecule has 5 atom stereocenters. The second-order valence-corrected chi connectivity index (χ2v) is 8.18. The largest absolute Gasteiger partial charge is 0.514 e. The van der Waals surface area contributed by atoms with E-state index in [1.54, 1.807) is 0 Å². The summed E-state index contributed by atoms with van der Waals surface area (Å²) in [5.41, 5.74) is 1.90. The van der Waals surface area contributed by atoms with Gasteiger partial charge in [-0.15, -0.1) is 0 Å². The van der Waals surface area contributed by atoms with Crippen molar-refractivity contribution in [3.05, 3.63) is 24.3 Å². The van der Waals surface area contributed by atoms with Crippen LogP contribution in [0.15, 0.2) is 17.7 Å². The number of hydrogen-bond acceptors (Lipinski definition) is 3. The van der Waals surface area contributed by atoms with Crippen molar-refractivity contribution in [2.24, 2.45) is 23.2 Å². The summed E-state index contributed by atoms with van der Waals surface area (Å²) in [6, 6.07) is 0. The van der Waals surface area contributed by atoms with Gasteiger partial charge in [0, 0.05) is 44.7 Å². The van der Waals surface area contributed by atoms with Crippen LogP contribution in [-0.2, 0) is 42.2 Å². The Hall–Kier alpha value is 0.0139. The van der Waals surface area contributed by atoms with Gasteiger partial charge >= 0.3 is 5.97 Å². The van der Waals surface area contributed by atoms with Crippen molar-refractivity contribution < 1.29 is 47.3 Å². The normalized spacial score (nSPS) is 30.8. The summed E-state index contributed by atoms with van der Waals surface area (Å²) in [4.78, 5) is 11.4. The molecular weight excluding hydrogens is 389 g/mol. The number of rotatable bonds is 7. The number of carbonyl (C=O) groups is 1. The monoisotopic (exact) mass is 422 g/mol. The van der Waals surface area contributed by atoms with Gasteiger partial charge in [0.25, 0.3) is 0 Å². The molecule has 2 fully saturated rings. The van der Waals surface area contributed by atoms with Gasteiger partial charge in [0.2, 0.25) is 0 Å². The molecule has 2 saturated carbocycles. The summed E-state index contributed by atoms with van der Waals surface area (Å²) < 4.78 is 4.64. The molecular formula is C21H33O3Y-. The van der Waals surface area contributed by atoms with Crippen molar-refractivity contribution in [2.75, 3.05) is 7.11 Å². The van der Waals surface area contributed by atoms with Crippen molar-refractivity contribution in [1.29, 1.82) is 0 Å². The van der Waals surface area contributed by atoms with Crippen LogP contribution in [-0.4, -0.2) is 24.3 Å². The number of fused-ring (bicyclic) bond motifs is 1. The molecule has 0 aromatic heterocycles. The van der Waals surface area contributed by atoms with Crippen LogP contribution in [0.1, 0.15) is 65.2 Å². The van der Waals surface area contributed by atoms with Gasteiger partial charge in [-0.1, -0.05) is 33.3 Å². The number of aliphatic hydroxyl groups excluding tert-OH is 1. The van der Waals surface area contributed by atoms with Crippen LogP contribution in [0.5, 0.6) is 0 Å². The number of carbonyl (C=O) groups excluding carboxylic acids is 1. The van der Waals surface area contributed by atoms with Crippen LogP contribution in [0.2, 0.25) is 0 Å². The van der Waals surface area contributed by atoms with E-state index >= 15 is 0 Å². The second-order valence-electron chi connectivity index (χ2n) is 8.18. The fraction of sp³-hybridized carbons (Fsp3) is 0.762. The van der Waals surface area contributed by atoms with E-state index in [4.69, 9.17) is 6.58 Å². The predicted molar refractivity (Wildman–Crippen MR) is 96.2 cm³/mol. The van der Waals surface area contributed by atoms with Crippen LogP contribution >= 0.6 is 0 Å². The fourth-order valence-electron chi connectivity index (χ4n) is 5.29. The number of aliphatic hydroxyl groups is 1. The first-order valence-electron chi connectivity index (χ1n) is 9.35. The molecule has 0 aromatic carbocycles. The summed E-state index contributed by atoms with van der Waals surface area (Å²) in [5.74, 6) is 1.40. The van der Waals surface area contributed by atoms with Gasteiger partial charge < -0.3 is 16.4 Å². The Balaban J connectivity index is 0.00000312. The molecule has 4 heteroatoms. The molecule has 1 radical (unpaired) electrons. The van der Waals surface area contributed by atoms with E-state index in [-0.39, 0.29) is 32.7 Å². The molecule has 0 spiro atoms. The third-order valence-electron chi connectivity index (χ3n) is 6.64. The molecule has 1 N–H and O–H groups in total. The smallest absolute Gasteiger partial charge is 0.333 e. The van der Waals surface area contributed by atoms with Gasteiger partial charge in [-0.3, -0.25) is 5.57 Å². The maximum atomic E-state index is 11.4. The summed E-state index contributed by atoms with van der Waals surface area (Å²) >= 11 is 0. The Kier molecular flexibility index (Phi) is 9.04. The maximum absolute atomic E-state index is 11.4. The van der Waals surface area contributed by atoms with Crippen LogP contribution in [0, 0.1) is 29.7 Å². The Labute approximate surface area is 178 Å².